The van der Waals surface area contributed by atoms with Crippen LogP contribution in [0.4, 0.5) is 8.78 Å². The van der Waals surface area contributed by atoms with Gasteiger partial charge < -0.3 is 5.32 Å². The fourth-order valence-electron chi connectivity index (χ4n) is 0.370. The van der Waals surface area contributed by atoms with Crippen molar-refractivity contribution >= 4 is 5.91 Å². The van der Waals surface area contributed by atoms with Gasteiger partial charge in [0.1, 0.15) is 0 Å². The Morgan fingerprint density at radius 1 is 1.67 bits per heavy atom. The molecule has 0 aliphatic heterocycles. The van der Waals surface area contributed by atoms with E-state index < -0.39 is 18.3 Å². The van der Waals surface area contributed by atoms with Gasteiger partial charge in [-0.05, 0) is 6.92 Å². The van der Waals surface area contributed by atoms with E-state index in [1.807, 2.05) is 0 Å². The molecule has 1 N–H and O–H groups in total. The Bertz CT molecular complexity index is 108. The number of carbonyl (C=O) groups is 1. The van der Waals surface area contributed by atoms with Crippen LogP contribution in [0.2, 0.25) is 0 Å². The fraction of sp³-hybridized carbons (Fsp3) is 0.800. The average Bonchev–Trinajstić information content (AvgIpc) is 1.62. The molecule has 0 aromatic rings. The van der Waals surface area contributed by atoms with Crippen molar-refractivity contribution in [3.63, 3.8) is 0 Å². The number of hydrogen-bond donors (Lipinski definition) is 1. The van der Waals surface area contributed by atoms with E-state index >= 15 is 0 Å². The topological polar surface area (TPSA) is 29.1 Å². The van der Waals surface area contributed by atoms with Crippen LogP contribution in [0.15, 0.2) is 0 Å². The van der Waals surface area contributed by atoms with Gasteiger partial charge in [0.25, 0.3) is 5.92 Å². The molecule has 0 heterocycles. The van der Waals surface area contributed by atoms with Crippen LogP contribution in [-0.4, -0.2) is 18.9 Å². The normalized spacial score (nSPS) is 11.1. The molecule has 0 spiro atoms. The van der Waals surface area contributed by atoms with E-state index in [0.29, 0.717) is 6.92 Å². The number of halogens is 2. The van der Waals surface area contributed by atoms with Crippen LogP contribution < -0.4 is 5.32 Å². The molecule has 9 heavy (non-hydrogen) atoms. The fourth-order valence-corrected chi connectivity index (χ4v) is 0.370. The summed E-state index contributed by atoms with van der Waals surface area (Å²) in [5, 5.41) is 2.10. The summed E-state index contributed by atoms with van der Waals surface area (Å²) < 4.78 is 23.8. The highest BCUT2D eigenvalue weighted by Gasteiger charge is 2.24. The molecular weight excluding hydrogens is 128 g/mol. The lowest BCUT2D eigenvalue weighted by molar-refractivity contribution is -0.126. The van der Waals surface area contributed by atoms with Crippen molar-refractivity contribution in [3.8, 4) is 0 Å². The minimum absolute atomic E-state index is 0.637. The zero-order valence-corrected chi connectivity index (χ0v) is 5.37. The first-order valence-electron chi connectivity index (χ1n) is 2.54. The average molecular weight is 137 g/mol. The molecule has 2 nitrogen and oxygen atoms in total. The van der Waals surface area contributed by atoms with Crippen LogP contribution in [0.25, 0.3) is 0 Å². The zero-order valence-electron chi connectivity index (χ0n) is 5.37. The molecule has 0 aromatic carbocycles. The quantitative estimate of drug-likeness (QED) is 0.598. The highest BCUT2D eigenvalue weighted by Crippen LogP contribution is 2.15. The molecule has 0 aromatic heterocycles. The van der Waals surface area contributed by atoms with Crippen molar-refractivity contribution in [2.75, 3.05) is 7.05 Å². The molecule has 0 saturated carbocycles. The molecule has 0 fully saturated rings. The molecule has 1 amide bonds. The highest BCUT2D eigenvalue weighted by atomic mass is 19.3. The Labute approximate surface area is 52.2 Å². The molecule has 4 heteroatoms. The van der Waals surface area contributed by atoms with Gasteiger partial charge in [0.15, 0.2) is 0 Å². The zero-order chi connectivity index (χ0) is 7.49. The molecule has 0 radical (unpaired) electrons. The predicted octanol–water partition coefficient (Wildman–Crippen LogP) is 0.778. The summed E-state index contributed by atoms with van der Waals surface area (Å²) in [4.78, 5) is 10.2. The summed E-state index contributed by atoms with van der Waals surface area (Å²) in [6.07, 6.45) is -0.733. The lowest BCUT2D eigenvalue weighted by Crippen LogP contribution is -2.25. The summed E-state index contributed by atoms with van der Waals surface area (Å²) in [6.45, 7) is 0.711. The van der Waals surface area contributed by atoms with Crippen LogP contribution in [0, 0.1) is 0 Å². The summed E-state index contributed by atoms with van der Waals surface area (Å²) in [7, 11) is 1.33. The van der Waals surface area contributed by atoms with Gasteiger partial charge in [0.2, 0.25) is 5.91 Å². The van der Waals surface area contributed by atoms with E-state index in [1.165, 1.54) is 7.05 Å². The standard InChI is InChI=1S/C5H9F2NO/c1-5(6,7)3-4(9)8-2/h3H2,1-2H3,(H,8,9). The van der Waals surface area contributed by atoms with Gasteiger partial charge in [0.05, 0.1) is 6.42 Å². The van der Waals surface area contributed by atoms with E-state index in [2.05, 4.69) is 5.32 Å². The molecule has 0 atom stereocenters. The molecule has 0 aliphatic carbocycles. The monoisotopic (exact) mass is 137 g/mol. The smallest absolute Gasteiger partial charge is 0.254 e. The van der Waals surface area contributed by atoms with Crippen molar-refractivity contribution in [1.29, 1.82) is 0 Å². The second-order valence-electron chi connectivity index (χ2n) is 1.92. The number of alkyl halides is 2. The van der Waals surface area contributed by atoms with Crippen LogP contribution in [0.1, 0.15) is 13.3 Å². The summed E-state index contributed by atoms with van der Waals surface area (Å²) >= 11 is 0. The first kappa shape index (κ1) is 8.33. The van der Waals surface area contributed by atoms with Crippen LogP contribution >= 0.6 is 0 Å². The van der Waals surface area contributed by atoms with Gasteiger partial charge >= 0.3 is 0 Å². The van der Waals surface area contributed by atoms with Crippen LogP contribution in [-0.2, 0) is 4.79 Å². The maximum Gasteiger partial charge on any atom is 0.254 e. The van der Waals surface area contributed by atoms with Gasteiger partial charge in [-0.3, -0.25) is 4.79 Å². The minimum Gasteiger partial charge on any atom is -0.359 e. The second kappa shape index (κ2) is 2.75. The maximum absolute atomic E-state index is 11.9. The summed E-state index contributed by atoms with van der Waals surface area (Å²) in [6, 6.07) is 0. The highest BCUT2D eigenvalue weighted by molar-refractivity contribution is 5.76. The maximum atomic E-state index is 11.9. The van der Waals surface area contributed by atoms with Crippen molar-refractivity contribution in [2.24, 2.45) is 0 Å². The minimum atomic E-state index is -2.89. The van der Waals surface area contributed by atoms with Crippen LogP contribution in [0.3, 0.4) is 0 Å². The van der Waals surface area contributed by atoms with Crippen molar-refractivity contribution in [3.05, 3.63) is 0 Å². The van der Waals surface area contributed by atoms with Crippen LogP contribution in [0.5, 0.6) is 0 Å². The molecule has 0 bridgehead atoms. The number of nitrogens with one attached hydrogen (secondary N) is 1. The van der Waals surface area contributed by atoms with Crippen molar-refractivity contribution in [1.82, 2.24) is 5.32 Å². The van der Waals surface area contributed by atoms with E-state index in [9.17, 15) is 13.6 Å². The molecule has 0 saturated heterocycles. The SMILES string of the molecule is CNC(=O)CC(C)(F)F. The van der Waals surface area contributed by atoms with Gasteiger partial charge in [-0.15, -0.1) is 0 Å². The Hall–Kier alpha value is -0.670. The third kappa shape index (κ3) is 5.20. The second-order valence-corrected chi connectivity index (χ2v) is 1.92. The largest absolute Gasteiger partial charge is 0.359 e. The van der Waals surface area contributed by atoms with Gasteiger partial charge in [0, 0.05) is 7.05 Å². The first-order valence-corrected chi connectivity index (χ1v) is 2.54. The number of rotatable bonds is 2. The summed E-state index contributed by atoms with van der Waals surface area (Å²) in [5.41, 5.74) is 0. The number of hydrogen-bond acceptors (Lipinski definition) is 1. The summed E-state index contributed by atoms with van der Waals surface area (Å²) in [5.74, 6) is -3.53. The molecule has 0 rings (SSSR count). The van der Waals surface area contributed by atoms with Crippen molar-refractivity contribution < 1.29 is 13.6 Å². The Kier molecular flexibility index (Phi) is 2.55. The first-order chi connectivity index (χ1) is 3.95. The van der Waals surface area contributed by atoms with E-state index in [0.717, 1.165) is 0 Å². The Morgan fingerprint density at radius 2 is 2.11 bits per heavy atom. The Morgan fingerprint density at radius 3 is 2.22 bits per heavy atom. The molecule has 0 unspecified atom stereocenters. The van der Waals surface area contributed by atoms with Gasteiger partial charge in [-0.1, -0.05) is 0 Å². The third-order valence-corrected chi connectivity index (χ3v) is 0.750. The van der Waals surface area contributed by atoms with Gasteiger partial charge in [-0.25, -0.2) is 8.78 Å². The van der Waals surface area contributed by atoms with Crippen molar-refractivity contribution in [2.45, 2.75) is 19.3 Å². The molecule has 54 valence electrons. The lowest BCUT2D eigenvalue weighted by atomic mass is 10.2. The number of carbonyl (C=O) groups excluding carboxylic acids is 1. The molecule has 0 aliphatic rings. The lowest BCUT2D eigenvalue weighted by Gasteiger charge is -2.06. The van der Waals surface area contributed by atoms with E-state index in [-0.39, 0.29) is 0 Å². The van der Waals surface area contributed by atoms with E-state index in [1.54, 1.807) is 0 Å². The van der Waals surface area contributed by atoms with Gasteiger partial charge in [-0.2, -0.15) is 0 Å². The van der Waals surface area contributed by atoms with E-state index in [4.69, 9.17) is 0 Å². The number of amides is 1. The Balaban J connectivity index is 3.60. The predicted molar refractivity (Wildman–Crippen MR) is 29.3 cm³/mol. The third-order valence-electron chi connectivity index (χ3n) is 0.750. The molecular formula is C5H9F2NO.